The fourth-order valence-electron chi connectivity index (χ4n) is 1.63. The molecule has 0 unspecified atom stereocenters. The molecule has 0 bridgehead atoms. The molecule has 1 aromatic carbocycles. The van der Waals surface area contributed by atoms with Gasteiger partial charge in [0.05, 0.1) is 16.4 Å². The van der Waals surface area contributed by atoms with Crippen LogP contribution >= 0.6 is 22.9 Å². The zero-order valence-corrected chi connectivity index (χ0v) is 12.4. The standard InChI is InChI=1S/C15H11ClFNO2S/c16-14-6-4-11(21-14)9-18-15(20)12-5-3-10(2-1-7-19)8-13(12)17/h3-6,8,19H,7,9H2,(H,18,20). The summed E-state index contributed by atoms with van der Waals surface area (Å²) in [4.78, 5) is 12.8. The first-order chi connectivity index (χ1) is 10.1. The molecule has 3 nitrogen and oxygen atoms in total. The zero-order chi connectivity index (χ0) is 15.2. The van der Waals surface area contributed by atoms with Crippen molar-refractivity contribution in [2.24, 2.45) is 0 Å². The molecule has 6 heteroatoms. The van der Waals surface area contributed by atoms with Crippen LogP contribution in [0.4, 0.5) is 4.39 Å². The van der Waals surface area contributed by atoms with Crippen molar-refractivity contribution in [3.63, 3.8) is 0 Å². The molecule has 0 aliphatic carbocycles. The van der Waals surface area contributed by atoms with E-state index in [2.05, 4.69) is 17.2 Å². The summed E-state index contributed by atoms with van der Waals surface area (Å²) in [6, 6.07) is 7.61. The van der Waals surface area contributed by atoms with Crippen molar-refractivity contribution >= 4 is 28.8 Å². The highest BCUT2D eigenvalue weighted by Gasteiger charge is 2.12. The maximum absolute atomic E-state index is 13.8. The fourth-order valence-corrected chi connectivity index (χ4v) is 2.66. The van der Waals surface area contributed by atoms with E-state index in [1.54, 1.807) is 12.1 Å². The predicted molar refractivity (Wildman–Crippen MR) is 80.9 cm³/mol. The van der Waals surface area contributed by atoms with Crippen LogP contribution < -0.4 is 5.32 Å². The van der Waals surface area contributed by atoms with Crippen molar-refractivity contribution in [1.82, 2.24) is 5.32 Å². The van der Waals surface area contributed by atoms with Gasteiger partial charge in [0.15, 0.2) is 0 Å². The van der Waals surface area contributed by atoms with Crippen molar-refractivity contribution in [2.75, 3.05) is 6.61 Å². The second kappa shape index (κ2) is 7.23. The van der Waals surface area contributed by atoms with Gasteiger partial charge >= 0.3 is 0 Å². The molecule has 21 heavy (non-hydrogen) atoms. The molecule has 2 rings (SSSR count). The van der Waals surface area contributed by atoms with Crippen LogP contribution in [-0.4, -0.2) is 17.6 Å². The first-order valence-corrected chi connectivity index (χ1v) is 7.21. The number of hydrogen-bond acceptors (Lipinski definition) is 3. The van der Waals surface area contributed by atoms with Crippen LogP contribution in [0, 0.1) is 17.7 Å². The molecule has 0 saturated carbocycles. The minimum atomic E-state index is -0.651. The number of nitrogens with one attached hydrogen (secondary N) is 1. The number of amides is 1. The molecule has 0 spiro atoms. The van der Waals surface area contributed by atoms with Crippen LogP contribution in [0.15, 0.2) is 30.3 Å². The lowest BCUT2D eigenvalue weighted by molar-refractivity contribution is 0.0947. The van der Waals surface area contributed by atoms with Crippen molar-refractivity contribution in [3.05, 3.63) is 56.5 Å². The van der Waals surface area contributed by atoms with E-state index in [0.717, 1.165) is 4.88 Å². The molecule has 2 aromatic rings. The van der Waals surface area contributed by atoms with E-state index in [1.807, 2.05) is 0 Å². The van der Waals surface area contributed by atoms with Crippen molar-refractivity contribution in [1.29, 1.82) is 0 Å². The van der Waals surface area contributed by atoms with Gasteiger partial charge in [-0.25, -0.2) is 4.39 Å². The van der Waals surface area contributed by atoms with E-state index in [1.165, 1.54) is 29.5 Å². The molecular formula is C15H11ClFNO2S. The van der Waals surface area contributed by atoms with Gasteiger partial charge in [-0.1, -0.05) is 23.4 Å². The molecule has 0 aliphatic heterocycles. The topological polar surface area (TPSA) is 49.3 Å². The van der Waals surface area contributed by atoms with Crippen LogP contribution in [0.25, 0.3) is 0 Å². The normalized spacial score (nSPS) is 9.86. The molecule has 0 atom stereocenters. The molecule has 0 saturated heterocycles. The average molecular weight is 324 g/mol. The number of carbonyl (C=O) groups is 1. The minimum absolute atomic E-state index is 0.0489. The Kier molecular flexibility index (Phi) is 5.34. The van der Waals surface area contributed by atoms with E-state index in [9.17, 15) is 9.18 Å². The second-order valence-electron chi connectivity index (χ2n) is 4.04. The Hall–Kier alpha value is -1.87. The van der Waals surface area contributed by atoms with Gasteiger partial charge in [-0.05, 0) is 30.3 Å². The Morgan fingerprint density at radius 2 is 2.19 bits per heavy atom. The summed E-state index contributed by atoms with van der Waals surface area (Å²) in [5, 5.41) is 11.2. The fraction of sp³-hybridized carbons (Fsp3) is 0.133. The maximum Gasteiger partial charge on any atom is 0.254 e. The van der Waals surface area contributed by atoms with Gasteiger partial charge in [-0.2, -0.15) is 0 Å². The predicted octanol–water partition coefficient (Wildman–Crippen LogP) is 2.81. The highest BCUT2D eigenvalue weighted by atomic mass is 35.5. The van der Waals surface area contributed by atoms with Gasteiger partial charge in [-0.15, -0.1) is 11.3 Å². The summed E-state index contributed by atoms with van der Waals surface area (Å²) < 4.78 is 14.5. The Balaban J connectivity index is 2.05. The first kappa shape index (κ1) is 15.5. The zero-order valence-electron chi connectivity index (χ0n) is 10.8. The summed E-state index contributed by atoms with van der Waals surface area (Å²) in [7, 11) is 0. The highest BCUT2D eigenvalue weighted by Crippen LogP contribution is 2.21. The summed E-state index contributed by atoms with van der Waals surface area (Å²) in [5.41, 5.74) is 0.357. The molecule has 108 valence electrons. The van der Waals surface area contributed by atoms with E-state index < -0.39 is 11.7 Å². The molecule has 1 aromatic heterocycles. The number of benzene rings is 1. The average Bonchev–Trinajstić information content (AvgIpc) is 2.88. The number of carbonyl (C=O) groups excluding carboxylic acids is 1. The second-order valence-corrected chi connectivity index (χ2v) is 5.84. The van der Waals surface area contributed by atoms with Crippen LogP contribution in [-0.2, 0) is 6.54 Å². The molecule has 1 amide bonds. The lowest BCUT2D eigenvalue weighted by atomic mass is 10.1. The highest BCUT2D eigenvalue weighted by molar-refractivity contribution is 7.16. The quantitative estimate of drug-likeness (QED) is 0.853. The first-order valence-electron chi connectivity index (χ1n) is 6.02. The summed E-state index contributed by atoms with van der Waals surface area (Å²) in [5.74, 6) is 3.84. The molecule has 0 radical (unpaired) electrons. The van der Waals surface area contributed by atoms with Crippen LogP contribution in [0.5, 0.6) is 0 Å². The van der Waals surface area contributed by atoms with Gasteiger partial charge in [0.2, 0.25) is 0 Å². The summed E-state index contributed by atoms with van der Waals surface area (Å²) in [6.45, 7) is -0.00500. The van der Waals surface area contributed by atoms with Gasteiger partial charge < -0.3 is 10.4 Å². The van der Waals surface area contributed by atoms with Crippen LogP contribution in [0.2, 0.25) is 4.34 Å². The van der Waals surface area contributed by atoms with Crippen molar-refractivity contribution in [3.8, 4) is 11.8 Å². The lowest BCUT2D eigenvalue weighted by Crippen LogP contribution is -2.23. The number of aliphatic hydroxyl groups excluding tert-OH is 1. The molecule has 0 aliphatic rings. The summed E-state index contributed by atoms with van der Waals surface area (Å²) in [6.07, 6.45) is 0. The smallest absolute Gasteiger partial charge is 0.254 e. The number of halogens is 2. The van der Waals surface area contributed by atoms with Crippen molar-refractivity contribution in [2.45, 2.75) is 6.54 Å². The third-order valence-corrected chi connectivity index (χ3v) is 3.81. The third-order valence-electron chi connectivity index (χ3n) is 2.58. The molecule has 2 N–H and O–H groups in total. The number of aliphatic hydroxyl groups is 1. The van der Waals surface area contributed by atoms with Gasteiger partial charge in [-0.3, -0.25) is 4.79 Å². The molecule has 0 fully saturated rings. The van der Waals surface area contributed by atoms with Gasteiger partial charge in [0, 0.05) is 10.4 Å². The summed E-state index contributed by atoms with van der Waals surface area (Å²) >= 11 is 7.15. The van der Waals surface area contributed by atoms with Crippen LogP contribution in [0.3, 0.4) is 0 Å². The molecular weight excluding hydrogens is 313 g/mol. The van der Waals surface area contributed by atoms with Crippen molar-refractivity contribution < 1.29 is 14.3 Å². The minimum Gasteiger partial charge on any atom is -0.384 e. The van der Waals surface area contributed by atoms with Crippen LogP contribution in [0.1, 0.15) is 20.8 Å². The Morgan fingerprint density at radius 1 is 1.38 bits per heavy atom. The van der Waals surface area contributed by atoms with E-state index in [0.29, 0.717) is 16.4 Å². The maximum atomic E-state index is 13.8. The largest absolute Gasteiger partial charge is 0.384 e. The van der Waals surface area contributed by atoms with E-state index >= 15 is 0 Å². The number of hydrogen-bond donors (Lipinski definition) is 2. The Morgan fingerprint density at radius 3 is 2.81 bits per heavy atom. The Labute approximate surface area is 130 Å². The Bertz CT molecular complexity index is 718. The van der Waals surface area contributed by atoms with Gasteiger partial charge in [0.1, 0.15) is 12.4 Å². The number of thiophene rings is 1. The SMILES string of the molecule is O=C(NCc1ccc(Cl)s1)c1ccc(C#CCO)cc1F. The van der Waals surface area contributed by atoms with E-state index in [4.69, 9.17) is 16.7 Å². The monoisotopic (exact) mass is 323 g/mol. The van der Waals surface area contributed by atoms with Gasteiger partial charge in [0.25, 0.3) is 5.91 Å². The third kappa shape index (κ3) is 4.30. The number of rotatable bonds is 3. The van der Waals surface area contributed by atoms with E-state index in [-0.39, 0.29) is 12.2 Å². The lowest BCUT2D eigenvalue weighted by Gasteiger charge is -2.05. The molecule has 1 heterocycles.